The summed E-state index contributed by atoms with van der Waals surface area (Å²) in [7, 11) is 10.8. The van der Waals surface area contributed by atoms with Crippen molar-refractivity contribution in [2.75, 3.05) is 55.0 Å². The Morgan fingerprint density at radius 1 is 0.718 bits per heavy atom. The molecule has 206 valence electrons. The second-order valence-corrected chi connectivity index (χ2v) is 8.80. The van der Waals surface area contributed by atoms with Crippen LogP contribution in [0, 0.1) is 0 Å². The van der Waals surface area contributed by atoms with Crippen molar-refractivity contribution in [2.45, 2.75) is 12.0 Å². The molecule has 0 saturated carbocycles. The van der Waals surface area contributed by atoms with Gasteiger partial charge in [0.15, 0.2) is 23.0 Å². The zero-order valence-corrected chi connectivity index (χ0v) is 23.0. The van der Waals surface area contributed by atoms with E-state index in [1.54, 1.807) is 68.6 Å². The van der Waals surface area contributed by atoms with Crippen molar-refractivity contribution in [3.05, 3.63) is 65.2 Å². The van der Waals surface area contributed by atoms with Crippen molar-refractivity contribution in [3.8, 4) is 34.5 Å². The maximum Gasteiger partial charge on any atom is 0.254 e. The third-order valence-corrected chi connectivity index (χ3v) is 6.87. The third kappa shape index (κ3) is 4.97. The highest BCUT2D eigenvalue weighted by Gasteiger charge is 2.44. The highest BCUT2D eigenvalue weighted by Crippen LogP contribution is 2.47. The van der Waals surface area contributed by atoms with Gasteiger partial charge >= 0.3 is 0 Å². The zero-order chi connectivity index (χ0) is 28.3. The van der Waals surface area contributed by atoms with Crippen molar-refractivity contribution in [1.29, 1.82) is 0 Å². The van der Waals surface area contributed by atoms with Crippen LogP contribution in [0.4, 0.5) is 5.69 Å². The molecule has 39 heavy (non-hydrogen) atoms. The quantitative estimate of drug-likeness (QED) is 0.432. The van der Waals surface area contributed by atoms with Crippen LogP contribution in [0.15, 0.2) is 48.5 Å². The molecule has 0 spiro atoms. The van der Waals surface area contributed by atoms with E-state index in [-0.39, 0.29) is 11.8 Å². The fourth-order valence-corrected chi connectivity index (χ4v) is 4.90. The Morgan fingerprint density at radius 2 is 1.33 bits per heavy atom. The number of nitrogens with one attached hydrogen (secondary N) is 1. The van der Waals surface area contributed by atoms with E-state index in [0.717, 1.165) is 0 Å². The number of rotatable bonds is 9. The Hall–Kier alpha value is -4.60. The van der Waals surface area contributed by atoms with Crippen LogP contribution in [0.1, 0.15) is 33.4 Å². The molecule has 3 aromatic rings. The second kappa shape index (κ2) is 11.4. The van der Waals surface area contributed by atoms with Crippen LogP contribution < -0.4 is 33.7 Å². The van der Waals surface area contributed by atoms with Crippen molar-refractivity contribution < 1.29 is 38.0 Å². The van der Waals surface area contributed by atoms with Crippen LogP contribution in [-0.2, 0) is 4.79 Å². The number of carbonyl (C=O) groups is 2. The first kappa shape index (κ1) is 27.4. The predicted octanol–water partition coefficient (Wildman–Crippen LogP) is 4.29. The Labute approximate surface area is 227 Å². The number of benzene rings is 3. The maximum absolute atomic E-state index is 14.2. The molecule has 1 aliphatic rings. The van der Waals surface area contributed by atoms with Crippen LogP contribution >= 0.6 is 0 Å². The van der Waals surface area contributed by atoms with Gasteiger partial charge in [-0.15, -0.1) is 0 Å². The SMILES string of the molecule is COc1ccc(NC(=O)[C@@H]2c3cc(OC)c(OC)cc3C(=O)N(C)[C@@H]2c2ccc(OC)c(OC)c2)c(OC)c1. The normalized spacial score (nSPS) is 16.2. The largest absolute Gasteiger partial charge is 0.497 e. The van der Waals surface area contributed by atoms with Gasteiger partial charge < -0.3 is 38.6 Å². The maximum atomic E-state index is 14.2. The first-order valence-electron chi connectivity index (χ1n) is 12.1. The lowest BCUT2D eigenvalue weighted by molar-refractivity contribution is -0.119. The second-order valence-electron chi connectivity index (χ2n) is 8.80. The summed E-state index contributed by atoms with van der Waals surface area (Å²) in [6.07, 6.45) is 0. The van der Waals surface area contributed by atoms with E-state index in [1.807, 2.05) is 6.07 Å². The summed E-state index contributed by atoms with van der Waals surface area (Å²) in [4.78, 5) is 29.4. The summed E-state index contributed by atoms with van der Waals surface area (Å²) in [5.74, 6) is 1.34. The molecule has 3 aromatic carbocycles. The molecule has 1 heterocycles. The number of carbonyl (C=O) groups excluding carboxylic acids is 2. The third-order valence-electron chi connectivity index (χ3n) is 6.87. The zero-order valence-electron chi connectivity index (χ0n) is 23.0. The number of fused-ring (bicyclic) bond motifs is 1. The molecule has 4 rings (SSSR count). The molecule has 1 N–H and O–H groups in total. The molecule has 0 fully saturated rings. The number of ether oxygens (including phenoxy) is 6. The van der Waals surface area contributed by atoms with Crippen molar-refractivity contribution >= 4 is 17.5 Å². The lowest BCUT2D eigenvalue weighted by Gasteiger charge is -2.40. The molecule has 2 atom stereocenters. The van der Waals surface area contributed by atoms with Crippen LogP contribution in [-0.4, -0.2) is 66.4 Å². The lowest BCUT2D eigenvalue weighted by atomic mass is 9.79. The Balaban J connectivity index is 1.90. The van der Waals surface area contributed by atoms with Crippen LogP contribution in [0.5, 0.6) is 34.5 Å². The monoisotopic (exact) mass is 536 g/mol. The van der Waals surface area contributed by atoms with E-state index >= 15 is 0 Å². The molecule has 10 nitrogen and oxygen atoms in total. The molecule has 0 unspecified atom stereocenters. The highest BCUT2D eigenvalue weighted by molar-refractivity contribution is 6.05. The molecular formula is C29H32N2O8. The fraction of sp³-hybridized carbons (Fsp3) is 0.310. The number of likely N-dealkylation sites (N-methyl/N-ethyl adjacent to an activating group) is 1. The van der Waals surface area contributed by atoms with Gasteiger partial charge in [-0.3, -0.25) is 9.59 Å². The van der Waals surface area contributed by atoms with Crippen molar-refractivity contribution in [1.82, 2.24) is 4.90 Å². The predicted molar refractivity (Wildman–Crippen MR) is 145 cm³/mol. The molecular weight excluding hydrogens is 504 g/mol. The van der Waals surface area contributed by atoms with Gasteiger partial charge in [-0.05, 0) is 47.5 Å². The van der Waals surface area contributed by atoms with Crippen LogP contribution in [0.2, 0.25) is 0 Å². The van der Waals surface area contributed by atoms with Crippen LogP contribution in [0.3, 0.4) is 0 Å². The summed E-state index contributed by atoms with van der Waals surface area (Å²) in [5, 5.41) is 2.99. The van der Waals surface area contributed by atoms with E-state index < -0.39 is 12.0 Å². The molecule has 0 radical (unpaired) electrons. The van der Waals surface area contributed by atoms with Gasteiger partial charge in [-0.2, -0.15) is 0 Å². The smallest absolute Gasteiger partial charge is 0.254 e. The number of methoxy groups -OCH3 is 6. The Morgan fingerprint density at radius 3 is 1.95 bits per heavy atom. The average Bonchev–Trinajstić information content (AvgIpc) is 2.97. The Bertz CT molecular complexity index is 1390. The average molecular weight is 537 g/mol. The number of anilines is 1. The summed E-state index contributed by atoms with van der Waals surface area (Å²) in [6.45, 7) is 0. The standard InChI is InChI=1S/C29H32N2O8/c1-31-27(16-8-11-21(35-3)23(12-16)37-5)26(18-14-24(38-6)25(39-7)15-19(18)29(31)33)28(32)30-20-10-9-17(34-2)13-22(20)36-4/h8-15,26-27H,1-7H3,(H,30,32)/t26-,27-/m1/s1. The topological polar surface area (TPSA) is 105 Å². The molecule has 0 saturated heterocycles. The van der Waals surface area contributed by atoms with Gasteiger partial charge in [0.2, 0.25) is 5.91 Å². The summed E-state index contributed by atoms with van der Waals surface area (Å²) >= 11 is 0. The molecule has 0 bridgehead atoms. The van der Waals surface area contributed by atoms with E-state index in [9.17, 15) is 9.59 Å². The van der Waals surface area contributed by atoms with Crippen molar-refractivity contribution in [3.63, 3.8) is 0 Å². The minimum Gasteiger partial charge on any atom is -0.497 e. The van der Waals surface area contributed by atoms with E-state index in [1.165, 1.54) is 28.4 Å². The number of hydrogen-bond acceptors (Lipinski definition) is 8. The first-order valence-corrected chi connectivity index (χ1v) is 12.1. The fourth-order valence-electron chi connectivity index (χ4n) is 4.90. The Kier molecular flexibility index (Phi) is 8.04. The minimum atomic E-state index is -0.840. The van der Waals surface area contributed by atoms with Gasteiger partial charge in [0.1, 0.15) is 11.5 Å². The molecule has 0 aromatic heterocycles. The molecule has 0 aliphatic carbocycles. The molecule has 1 aliphatic heterocycles. The highest BCUT2D eigenvalue weighted by atomic mass is 16.5. The van der Waals surface area contributed by atoms with E-state index in [2.05, 4.69) is 5.32 Å². The summed E-state index contributed by atoms with van der Waals surface area (Å²) in [6, 6.07) is 13.0. The van der Waals surface area contributed by atoms with Gasteiger partial charge in [-0.1, -0.05) is 6.07 Å². The van der Waals surface area contributed by atoms with Gasteiger partial charge in [0, 0.05) is 18.7 Å². The molecule has 2 amide bonds. The minimum absolute atomic E-state index is 0.267. The van der Waals surface area contributed by atoms with Gasteiger partial charge in [0.25, 0.3) is 5.91 Å². The van der Waals surface area contributed by atoms with E-state index in [4.69, 9.17) is 28.4 Å². The molecule has 10 heteroatoms. The lowest BCUT2D eigenvalue weighted by Crippen LogP contribution is -2.44. The van der Waals surface area contributed by atoms with Crippen LogP contribution in [0.25, 0.3) is 0 Å². The number of nitrogens with zero attached hydrogens (tertiary/aromatic N) is 1. The first-order chi connectivity index (χ1) is 18.8. The van der Waals surface area contributed by atoms with Gasteiger partial charge in [0.05, 0.1) is 60.3 Å². The summed E-state index contributed by atoms with van der Waals surface area (Å²) in [5.41, 5.74) is 1.98. The number of hydrogen-bond donors (Lipinski definition) is 1. The van der Waals surface area contributed by atoms with Gasteiger partial charge in [-0.25, -0.2) is 0 Å². The summed E-state index contributed by atoms with van der Waals surface area (Å²) < 4.78 is 32.7. The van der Waals surface area contributed by atoms with E-state index in [0.29, 0.717) is 56.9 Å². The number of amides is 2. The van der Waals surface area contributed by atoms with Crippen molar-refractivity contribution in [2.24, 2.45) is 0 Å².